The summed E-state index contributed by atoms with van der Waals surface area (Å²) >= 11 is 0. The van der Waals surface area contributed by atoms with Crippen LogP contribution < -0.4 is 0 Å². The van der Waals surface area contributed by atoms with Gasteiger partial charge in [-0.25, -0.2) is 0 Å². The molecule has 57 heavy (non-hydrogen) atoms. The van der Waals surface area contributed by atoms with Gasteiger partial charge in [0.15, 0.2) is 12.4 Å². The van der Waals surface area contributed by atoms with Gasteiger partial charge < -0.3 is 39.4 Å². The molecule has 0 radical (unpaired) electrons. The van der Waals surface area contributed by atoms with Gasteiger partial charge in [0.1, 0.15) is 31.0 Å². The maximum atomic E-state index is 12.7. The number of carbonyl (C=O) groups is 2. The summed E-state index contributed by atoms with van der Waals surface area (Å²) in [7, 11) is 0. The zero-order valence-corrected chi connectivity index (χ0v) is 36.6. The van der Waals surface area contributed by atoms with Crippen LogP contribution in [0.5, 0.6) is 0 Å². The molecule has 1 heterocycles. The molecule has 0 aromatic rings. The number of rotatable bonds is 40. The molecule has 1 saturated heterocycles. The highest BCUT2D eigenvalue weighted by Crippen LogP contribution is 2.23. The van der Waals surface area contributed by atoms with Crippen LogP contribution >= 0.6 is 0 Å². The minimum Gasteiger partial charge on any atom is -0.462 e. The molecule has 0 saturated carbocycles. The van der Waals surface area contributed by atoms with Gasteiger partial charge in [-0.2, -0.15) is 0 Å². The van der Waals surface area contributed by atoms with E-state index in [1.165, 1.54) is 128 Å². The van der Waals surface area contributed by atoms with Gasteiger partial charge in [-0.05, 0) is 32.1 Å². The summed E-state index contributed by atoms with van der Waals surface area (Å²) in [5, 5.41) is 40.0. The summed E-state index contributed by atoms with van der Waals surface area (Å²) in [6, 6.07) is 0. The van der Waals surface area contributed by atoms with Crippen LogP contribution in [0.1, 0.15) is 219 Å². The Morgan fingerprint density at radius 1 is 0.526 bits per heavy atom. The van der Waals surface area contributed by atoms with Crippen LogP contribution in [0.25, 0.3) is 0 Å². The average Bonchev–Trinajstić information content (AvgIpc) is 3.21. The van der Waals surface area contributed by atoms with E-state index in [1.807, 2.05) is 0 Å². The molecule has 0 spiro atoms. The summed E-state index contributed by atoms with van der Waals surface area (Å²) < 4.78 is 22.2. The van der Waals surface area contributed by atoms with Crippen LogP contribution in [0.2, 0.25) is 0 Å². The lowest BCUT2D eigenvalue weighted by atomic mass is 9.99. The van der Waals surface area contributed by atoms with Crippen molar-refractivity contribution in [2.75, 3.05) is 19.8 Å². The fourth-order valence-electron chi connectivity index (χ4n) is 7.35. The molecular formula is C47H88O10. The fraction of sp³-hybridized carbons (Fsp3) is 0.915. The van der Waals surface area contributed by atoms with Gasteiger partial charge in [0.25, 0.3) is 0 Å². The summed E-state index contributed by atoms with van der Waals surface area (Å²) in [6.07, 6.45) is 33.7. The number of allylic oxidation sites excluding steroid dienone is 2. The second-order valence-corrected chi connectivity index (χ2v) is 16.6. The van der Waals surface area contributed by atoms with E-state index in [-0.39, 0.29) is 32.0 Å². The normalized spacial score (nSPS) is 20.3. The predicted molar refractivity (Wildman–Crippen MR) is 229 cm³/mol. The maximum absolute atomic E-state index is 12.7. The molecule has 6 atom stereocenters. The number of hydrogen-bond donors (Lipinski definition) is 4. The Kier molecular flexibility index (Phi) is 36.2. The second-order valence-electron chi connectivity index (χ2n) is 16.6. The Labute approximate surface area is 348 Å². The van der Waals surface area contributed by atoms with E-state index in [0.717, 1.165) is 57.8 Å². The van der Waals surface area contributed by atoms with E-state index in [1.54, 1.807) is 0 Å². The number of carbonyl (C=O) groups excluding carboxylic acids is 2. The lowest BCUT2D eigenvalue weighted by Gasteiger charge is -2.39. The Balaban J connectivity index is 2.23. The fourth-order valence-corrected chi connectivity index (χ4v) is 7.35. The van der Waals surface area contributed by atoms with Crippen LogP contribution in [-0.4, -0.2) is 89.0 Å². The van der Waals surface area contributed by atoms with E-state index in [4.69, 9.17) is 18.9 Å². The van der Waals surface area contributed by atoms with Gasteiger partial charge >= 0.3 is 11.9 Å². The maximum Gasteiger partial charge on any atom is 0.306 e. The van der Waals surface area contributed by atoms with Crippen LogP contribution in [0, 0.1) is 0 Å². The summed E-state index contributed by atoms with van der Waals surface area (Å²) in [4.78, 5) is 25.3. The quantitative estimate of drug-likeness (QED) is 0.0267. The third kappa shape index (κ3) is 30.2. The molecular weight excluding hydrogens is 725 g/mol. The Morgan fingerprint density at radius 2 is 0.947 bits per heavy atom. The minimum atomic E-state index is -1.59. The van der Waals surface area contributed by atoms with Crippen molar-refractivity contribution in [3.05, 3.63) is 12.2 Å². The summed E-state index contributed by atoms with van der Waals surface area (Å²) in [6.45, 7) is 3.40. The van der Waals surface area contributed by atoms with Crippen LogP contribution in [0.3, 0.4) is 0 Å². The van der Waals surface area contributed by atoms with Crippen molar-refractivity contribution in [1.29, 1.82) is 0 Å². The van der Waals surface area contributed by atoms with Gasteiger partial charge in [0, 0.05) is 12.8 Å². The molecule has 0 bridgehead atoms. The number of hydrogen-bond acceptors (Lipinski definition) is 10. The molecule has 4 N–H and O–H groups in total. The number of unbranched alkanes of at least 4 members (excludes halogenated alkanes) is 27. The second kappa shape index (κ2) is 38.6. The SMILES string of the molecule is CCCC/C=C/CCCCCCCC(=O)O[C@@H](COC(=O)CCCCCCCCCCCCCCCCCCCCCCC)CO[C@H]1O[C@@H](CO)[C@@H](O)C(O)C1O. The van der Waals surface area contributed by atoms with Gasteiger partial charge in [-0.15, -0.1) is 0 Å². The first kappa shape index (κ1) is 53.5. The minimum absolute atomic E-state index is 0.215. The first-order chi connectivity index (χ1) is 27.8. The van der Waals surface area contributed by atoms with E-state index >= 15 is 0 Å². The van der Waals surface area contributed by atoms with Crippen molar-refractivity contribution in [3.63, 3.8) is 0 Å². The molecule has 1 fully saturated rings. The molecule has 336 valence electrons. The molecule has 10 heteroatoms. The van der Waals surface area contributed by atoms with E-state index in [0.29, 0.717) is 6.42 Å². The number of aliphatic hydroxyl groups is 4. The molecule has 10 nitrogen and oxygen atoms in total. The third-order valence-corrected chi connectivity index (χ3v) is 11.2. The zero-order chi connectivity index (χ0) is 41.6. The highest BCUT2D eigenvalue weighted by molar-refractivity contribution is 5.70. The molecule has 1 rings (SSSR count). The van der Waals surface area contributed by atoms with Crippen molar-refractivity contribution in [2.24, 2.45) is 0 Å². The number of ether oxygens (including phenoxy) is 4. The van der Waals surface area contributed by atoms with Gasteiger partial charge in [0.05, 0.1) is 13.2 Å². The van der Waals surface area contributed by atoms with Crippen molar-refractivity contribution >= 4 is 11.9 Å². The van der Waals surface area contributed by atoms with E-state index < -0.39 is 49.4 Å². The predicted octanol–water partition coefficient (Wildman–Crippen LogP) is 10.3. The van der Waals surface area contributed by atoms with Gasteiger partial charge in [-0.1, -0.05) is 187 Å². The average molecular weight is 813 g/mol. The monoisotopic (exact) mass is 813 g/mol. The molecule has 0 aromatic heterocycles. The molecule has 1 aliphatic rings. The Morgan fingerprint density at radius 3 is 1.42 bits per heavy atom. The summed E-state index contributed by atoms with van der Waals surface area (Å²) in [5.41, 5.74) is 0. The Bertz CT molecular complexity index is 943. The van der Waals surface area contributed by atoms with Crippen molar-refractivity contribution in [3.8, 4) is 0 Å². The molecule has 0 amide bonds. The third-order valence-electron chi connectivity index (χ3n) is 11.2. The highest BCUT2D eigenvalue weighted by Gasteiger charge is 2.44. The largest absolute Gasteiger partial charge is 0.462 e. The van der Waals surface area contributed by atoms with Crippen molar-refractivity contribution in [1.82, 2.24) is 0 Å². The number of aliphatic hydroxyl groups excluding tert-OH is 4. The van der Waals surface area contributed by atoms with Crippen molar-refractivity contribution in [2.45, 2.75) is 256 Å². The van der Waals surface area contributed by atoms with Crippen LogP contribution in [0.15, 0.2) is 12.2 Å². The zero-order valence-electron chi connectivity index (χ0n) is 36.6. The Hall–Kier alpha value is -1.56. The number of esters is 2. The summed E-state index contributed by atoms with van der Waals surface area (Å²) in [5.74, 6) is -0.807. The lowest BCUT2D eigenvalue weighted by Crippen LogP contribution is -2.59. The standard InChI is InChI=1S/C47H88O10/c1-3-5-7-9-11-13-15-16-17-18-19-20-21-22-23-24-26-27-29-31-33-35-42(49)54-38-40(39-55-47-46(53)45(52)44(51)41(37-48)57-47)56-43(50)36-34-32-30-28-25-14-12-10-8-6-4-2/h10,12,40-41,44-48,51-53H,3-9,11,13-39H2,1-2H3/b12-10+/t40-,41-,44+,45?,46?,47-/m0/s1. The van der Waals surface area contributed by atoms with Crippen LogP contribution in [0.4, 0.5) is 0 Å². The van der Waals surface area contributed by atoms with Gasteiger partial charge in [-0.3, -0.25) is 9.59 Å². The first-order valence-corrected chi connectivity index (χ1v) is 23.8. The topological polar surface area (TPSA) is 152 Å². The lowest BCUT2D eigenvalue weighted by molar-refractivity contribution is -0.305. The molecule has 0 aromatic carbocycles. The molecule has 2 unspecified atom stereocenters. The van der Waals surface area contributed by atoms with Crippen molar-refractivity contribution < 1.29 is 49.0 Å². The smallest absolute Gasteiger partial charge is 0.306 e. The first-order valence-electron chi connectivity index (χ1n) is 23.8. The molecule has 0 aliphatic carbocycles. The molecule has 1 aliphatic heterocycles. The van der Waals surface area contributed by atoms with Gasteiger partial charge in [0.2, 0.25) is 0 Å². The van der Waals surface area contributed by atoms with Crippen LogP contribution in [-0.2, 0) is 28.5 Å². The highest BCUT2D eigenvalue weighted by atomic mass is 16.7. The van der Waals surface area contributed by atoms with E-state index in [2.05, 4.69) is 26.0 Å². The van der Waals surface area contributed by atoms with E-state index in [9.17, 15) is 30.0 Å².